The quantitative estimate of drug-likeness (QED) is 0.780. The Bertz CT molecular complexity index is 513. The lowest BCUT2D eigenvalue weighted by molar-refractivity contribution is 0.142. The highest BCUT2D eigenvalue weighted by Crippen LogP contribution is 2.10. The first-order valence-corrected chi connectivity index (χ1v) is 5.57. The van der Waals surface area contributed by atoms with Crippen LogP contribution in [0, 0.1) is 0 Å². The third-order valence-electron chi connectivity index (χ3n) is 2.58. The Morgan fingerprint density at radius 1 is 1.44 bits per heavy atom. The molecule has 0 aliphatic rings. The maximum Gasteiger partial charge on any atom is 0.272 e. The van der Waals surface area contributed by atoms with Crippen LogP contribution in [0.1, 0.15) is 13.3 Å². The van der Waals surface area contributed by atoms with E-state index >= 15 is 0 Å². The van der Waals surface area contributed by atoms with Gasteiger partial charge in [0.2, 0.25) is 0 Å². The molecule has 0 saturated carbocycles. The molecule has 2 heterocycles. The topological polar surface area (TPSA) is 47.0 Å². The summed E-state index contributed by atoms with van der Waals surface area (Å²) in [5, 5.41) is 0.986. The van der Waals surface area contributed by atoms with Crippen LogP contribution >= 0.6 is 0 Å². The normalized spacial score (nSPS) is 11.1. The molecular formula is C12H16N2O2. The average molecular weight is 220 g/mol. The van der Waals surface area contributed by atoms with Gasteiger partial charge in [-0.1, -0.05) is 0 Å². The van der Waals surface area contributed by atoms with Gasteiger partial charge in [0.1, 0.15) is 5.52 Å². The number of hydrogen-bond donors (Lipinski definition) is 1. The maximum atomic E-state index is 11.6. The van der Waals surface area contributed by atoms with Crippen LogP contribution in [0.25, 0.3) is 10.9 Å². The smallest absolute Gasteiger partial charge is 0.272 e. The highest BCUT2D eigenvalue weighted by atomic mass is 16.5. The van der Waals surface area contributed by atoms with E-state index in [0.29, 0.717) is 0 Å². The molecule has 4 nitrogen and oxygen atoms in total. The molecular weight excluding hydrogens is 204 g/mol. The number of hydrogen-bond acceptors (Lipinski definition) is 2. The standard InChI is InChI=1S/C12H16N2O2/c1-2-16-9-3-7-14-8-5-10-4-6-13-12(15)11(10)14/h4-6,8H,2-3,7,9H2,1H3,(H,13,15). The molecule has 0 spiro atoms. The number of rotatable bonds is 5. The monoisotopic (exact) mass is 220 g/mol. The van der Waals surface area contributed by atoms with Crippen molar-refractivity contribution in [1.82, 2.24) is 9.55 Å². The number of nitrogens with one attached hydrogen (secondary N) is 1. The van der Waals surface area contributed by atoms with Crippen LogP contribution in [-0.4, -0.2) is 22.8 Å². The molecule has 0 aromatic carbocycles. The van der Waals surface area contributed by atoms with Crippen LogP contribution in [-0.2, 0) is 11.3 Å². The Labute approximate surface area is 93.9 Å². The molecule has 16 heavy (non-hydrogen) atoms. The average Bonchev–Trinajstić information content (AvgIpc) is 2.69. The minimum absolute atomic E-state index is 0.0288. The van der Waals surface area contributed by atoms with E-state index in [2.05, 4.69) is 4.98 Å². The number of fused-ring (bicyclic) bond motifs is 1. The van der Waals surface area contributed by atoms with Crippen LogP contribution in [0.4, 0.5) is 0 Å². The lowest BCUT2D eigenvalue weighted by Crippen LogP contribution is -2.11. The van der Waals surface area contributed by atoms with Gasteiger partial charge >= 0.3 is 0 Å². The second-order valence-electron chi connectivity index (χ2n) is 3.67. The molecule has 0 bridgehead atoms. The Morgan fingerprint density at radius 2 is 2.31 bits per heavy atom. The molecule has 4 heteroatoms. The third-order valence-corrected chi connectivity index (χ3v) is 2.58. The molecule has 2 aromatic heterocycles. The van der Waals surface area contributed by atoms with Gasteiger partial charge in [0.25, 0.3) is 5.56 Å². The summed E-state index contributed by atoms with van der Waals surface area (Å²) in [4.78, 5) is 14.3. The van der Waals surface area contributed by atoms with Crippen LogP contribution in [0.2, 0.25) is 0 Å². The lowest BCUT2D eigenvalue weighted by Gasteiger charge is -2.04. The fourth-order valence-corrected chi connectivity index (χ4v) is 1.83. The third kappa shape index (κ3) is 2.17. The fourth-order valence-electron chi connectivity index (χ4n) is 1.83. The van der Waals surface area contributed by atoms with Gasteiger partial charge in [-0.3, -0.25) is 4.79 Å². The van der Waals surface area contributed by atoms with Crippen molar-refractivity contribution in [1.29, 1.82) is 0 Å². The van der Waals surface area contributed by atoms with Crippen molar-refractivity contribution in [2.45, 2.75) is 19.9 Å². The van der Waals surface area contributed by atoms with Crippen molar-refractivity contribution < 1.29 is 4.74 Å². The molecule has 0 unspecified atom stereocenters. The van der Waals surface area contributed by atoms with Crippen molar-refractivity contribution >= 4 is 10.9 Å². The van der Waals surface area contributed by atoms with E-state index in [4.69, 9.17) is 4.74 Å². The van der Waals surface area contributed by atoms with E-state index in [0.717, 1.165) is 37.1 Å². The van der Waals surface area contributed by atoms with E-state index in [-0.39, 0.29) is 5.56 Å². The van der Waals surface area contributed by atoms with Crippen molar-refractivity contribution in [2.75, 3.05) is 13.2 Å². The van der Waals surface area contributed by atoms with Crippen molar-refractivity contribution in [2.24, 2.45) is 0 Å². The summed E-state index contributed by atoms with van der Waals surface area (Å²) >= 11 is 0. The van der Waals surface area contributed by atoms with Gasteiger partial charge < -0.3 is 14.3 Å². The van der Waals surface area contributed by atoms with Gasteiger partial charge in [0.15, 0.2) is 0 Å². The number of pyridine rings is 1. The molecule has 1 N–H and O–H groups in total. The number of H-pyrrole nitrogens is 1. The zero-order valence-electron chi connectivity index (χ0n) is 9.40. The van der Waals surface area contributed by atoms with Crippen molar-refractivity contribution in [3.05, 3.63) is 34.9 Å². The Morgan fingerprint density at radius 3 is 3.12 bits per heavy atom. The zero-order chi connectivity index (χ0) is 11.4. The van der Waals surface area contributed by atoms with Crippen molar-refractivity contribution in [3.63, 3.8) is 0 Å². The van der Waals surface area contributed by atoms with Gasteiger partial charge in [-0.25, -0.2) is 0 Å². The second-order valence-corrected chi connectivity index (χ2v) is 3.67. The summed E-state index contributed by atoms with van der Waals surface area (Å²) in [6.07, 6.45) is 4.55. The molecule has 2 aromatic rings. The summed E-state index contributed by atoms with van der Waals surface area (Å²) in [5.41, 5.74) is 0.720. The van der Waals surface area contributed by atoms with E-state index in [1.807, 2.05) is 29.8 Å². The Kier molecular flexibility index (Phi) is 3.41. The minimum Gasteiger partial charge on any atom is -0.382 e. The summed E-state index contributed by atoms with van der Waals surface area (Å²) < 4.78 is 7.25. The summed E-state index contributed by atoms with van der Waals surface area (Å²) in [7, 11) is 0. The molecule has 86 valence electrons. The number of aromatic nitrogens is 2. The van der Waals surface area contributed by atoms with E-state index in [9.17, 15) is 4.79 Å². The largest absolute Gasteiger partial charge is 0.382 e. The molecule has 0 amide bonds. The first kappa shape index (κ1) is 11.0. The summed E-state index contributed by atoms with van der Waals surface area (Å²) in [6, 6.07) is 3.88. The number of aromatic amines is 1. The lowest BCUT2D eigenvalue weighted by atomic mass is 10.3. The van der Waals surface area contributed by atoms with Crippen LogP contribution in [0.15, 0.2) is 29.3 Å². The zero-order valence-corrected chi connectivity index (χ0v) is 9.40. The maximum absolute atomic E-state index is 11.6. The predicted molar refractivity (Wildman–Crippen MR) is 63.7 cm³/mol. The van der Waals surface area contributed by atoms with E-state index in [1.165, 1.54) is 0 Å². The molecule has 0 radical (unpaired) electrons. The van der Waals surface area contributed by atoms with Gasteiger partial charge in [-0.15, -0.1) is 0 Å². The van der Waals surface area contributed by atoms with Crippen molar-refractivity contribution in [3.8, 4) is 0 Å². The summed E-state index contributed by atoms with van der Waals surface area (Å²) in [6.45, 7) is 4.28. The SMILES string of the molecule is CCOCCCn1ccc2cc[nH]c(=O)c21. The number of nitrogens with zero attached hydrogens (tertiary/aromatic N) is 1. The van der Waals surface area contributed by atoms with E-state index in [1.54, 1.807) is 6.20 Å². The summed E-state index contributed by atoms with van der Waals surface area (Å²) in [5.74, 6) is 0. The highest BCUT2D eigenvalue weighted by Gasteiger charge is 2.03. The first-order valence-electron chi connectivity index (χ1n) is 5.57. The Hall–Kier alpha value is -1.55. The molecule has 0 atom stereocenters. The second kappa shape index (κ2) is 4.99. The predicted octanol–water partition coefficient (Wildman–Crippen LogP) is 1.76. The molecule has 0 aliphatic carbocycles. The van der Waals surface area contributed by atoms with Gasteiger partial charge in [-0.05, 0) is 25.5 Å². The Balaban J connectivity index is 2.15. The van der Waals surface area contributed by atoms with Gasteiger partial charge in [-0.2, -0.15) is 0 Å². The van der Waals surface area contributed by atoms with Crippen LogP contribution in [0.3, 0.4) is 0 Å². The molecule has 0 aliphatic heterocycles. The fraction of sp³-hybridized carbons (Fsp3) is 0.417. The highest BCUT2D eigenvalue weighted by molar-refractivity contribution is 5.78. The molecule has 0 saturated heterocycles. The molecule has 2 rings (SSSR count). The minimum atomic E-state index is -0.0288. The number of aryl methyl sites for hydroxylation is 1. The van der Waals surface area contributed by atoms with Gasteiger partial charge in [0.05, 0.1) is 0 Å². The first-order chi connectivity index (χ1) is 7.83. The molecule has 0 fully saturated rings. The van der Waals surface area contributed by atoms with Gasteiger partial charge in [0, 0.05) is 37.5 Å². The van der Waals surface area contributed by atoms with Crippen LogP contribution in [0.5, 0.6) is 0 Å². The van der Waals surface area contributed by atoms with Crippen LogP contribution < -0.4 is 5.56 Å². The number of ether oxygens (including phenoxy) is 1. The van der Waals surface area contributed by atoms with E-state index < -0.39 is 0 Å².